The van der Waals surface area contributed by atoms with E-state index >= 15 is 0 Å². The molecule has 0 aliphatic heterocycles. The monoisotopic (exact) mass is 249 g/mol. The Labute approximate surface area is 106 Å². The number of rotatable bonds is 1. The smallest absolute Gasteiger partial charge is 0.184 e. The van der Waals surface area contributed by atoms with Crippen molar-refractivity contribution >= 4 is 28.3 Å². The van der Waals surface area contributed by atoms with Gasteiger partial charge in [0.05, 0.1) is 5.69 Å². The normalized spacial score (nSPS) is 12.1. The number of carbonyl (C=O) groups excluding carboxylic acids is 1. The zero-order valence-corrected chi connectivity index (χ0v) is 11.3. The van der Waals surface area contributed by atoms with Gasteiger partial charge in [-0.25, -0.2) is 0 Å². The van der Waals surface area contributed by atoms with Crippen molar-refractivity contribution in [3.05, 3.63) is 34.5 Å². The Hall–Kier alpha value is -1.28. The molecule has 0 saturated carbocycles. The third kappa shape index (κ3) is 2.22. The van der Waals surface area contributed by atoms with Crippen LogP contribution in [0.15, 0.2) is 18.2 Å². The molecule has 1 N–H and O–H groups in total. The molecule has 2 aromatic rings. The van der Waals surface area contributed by atoms with Gasteiger partial charge in [0, 0.05) is 21.3 Å². The van der Waals surface area contributed by atoms with E-state index in [2.05, 4.69) is 4.98 Å². The van der Waals surface area contributed by atoms with Crippen molar-refractivity contribution in [1.29, 1.82) is 0 Å². The molecule has 0 aliphatic rings. The number of ketones is 1. The van der Waals surface area contributed by atoms with Crippen molar-refractivity contribution < 1.29 is 4.79 Å². The van der Waals surface area contributed by atoms with Gasteiger partial charge in [0.2, 0.25) is 0 Å². The quantitative estimate of drug-likeness (QED) is 0.749. The summed E-state index contributed by atoms with van der Waals surface area (Å²) in [5.41, 5.74) is 2.27. The summed E-state index contributed by atoms with van der Waals surface area (Å²) in [4.78, 5) is 15.3. The number of carbonyl (C=O) groups is 1. The number of aromatic nitrogens is 1. The Morgan fingerprint density at radius 2 is 1.88 bits per heavy atom. The molecule has 1 aromatic heterocycles. The van der Waals surface area contributed by atoms with E-state index in [-0.39, 0.29) is 11.2 Å². The first kappa shape index (κ1) is 12.2. The molecule has 0 fully saturated rings. The lowest BCUT2D eigenvalue weighted by Crippen LogP contribution is -2.20. The highest BCUT2D eigenvalue weighted by molar-refractivity contribution is 6.31. The minimum absolute atomic E-state index is 0.115. The van der Waals surface area contributed by atoms with Crippen LogP contribution in [0.25, 0.3) is 10.9 Å². The first-order chi connectivity index (χ1) is 7.79. The summed E-state index contributed by atoms with van der Waals surface area (Å²) in [7, 11) is 0. The highest BCUT2D eigenvalue weighted by Gasteiger charge is 2.24. The summed E-state index contributed by atoms with van der Waals surface area (Å²) in [6.45, 7) is 7.75. The van der Waals surface area contributed by atoms with Crippen molar-refractivity contribution in [3.8, 4) is 0 Å². The average Bonchev–Trinajstić information content (AvgIpc) is 2.58. The number of aryl methyl sites for hydroxylation is 1. The van der Waals surface area contributed by atoms with E-state index in [0.717, 1.165) is 16.5 Å². The van der Waals surface area contributed by atoms with Gasteiger partial charge in [-0.1, -0.05) is 32.4 Å². The molecule has 0 saturated heterocycles. The lowest BCUT2D eigenvalue weighted by atomic mass is 9.89. The molecule has 90 valence electrons. The second-order valence-electron chi connectivity index (χ2n) is 5.45. The Morgan fingerprint density at radius 3 is 2.47 bits per heavy atom. The van der Waals surface area contributed by atoms with Crippen molar-refractivity contribution in [1.82, 2.24) is 4.98 Å². The maximum Gasteiger partial charge on any atom is 0.184 e. The first-order valence-electron chi connectivity index (χ1n) is 5.63. The van der Waals surface area contributed by atoms with E-state index in [1.54, 1.807) is 0 Å². The second kappa shape index (κ2) is 3.88. The van der Waals surface area contributed by atoms with Crippen molar-refractivity contribution in [2.24, 2.45) is 5.41 Å². The molecule has 1 heterocycles. The molecule has 0 radical (unpaired) electrons. The average molecular weight is 250 g/mol. The van der Waals surface area contributed by atoms with Gasteiger partial charge in [-0.2, -0.15) is 0 Å². The molecule has 17 heavy (non-hydrogen) atoms. The third-order valence-electron chi connectivity index (χ3n) is 2.84. The van der Waals surface area contributed by atoms with Crippen LogP contribution in [-0.4, -0.2) is 10.8 Å². The molecule has 0 atom stereocenters. The molecule has 2 rings (SSSR count). The largest absolute Gasteiger partial charge is 0.352 e. The van der Waals surface area contributed by atoms with Gasteiger partial charge in [-0.05, 0) is 30.7 Å². The Kier molecular flexibility index (Phi) is 2.78. The summed E-state index contributed by atoms with van der Waals surface area (Å²) in [6.07, 6.45) is 0. The van der Waals surface area contributed by atoms with Crippen LogP contribution in [-0.2, 0) is 0 Å². The summed E-state index contributed by atoms with van der Waals surface area (Å²) >= 11 is 6.00. The van der Waals surface area contributed by atoms with Crippen LogP contribution in [0.2, 0.25) is 5.02 Å². The van der Waals surface area contributed by atoms with Crippen LogP contribution in [0.3, 0.4) is 0 Å². The van der Waals surface area contributed by atoms with Crippen molar-refractivity contribution in [3.63, 3.8) is 0 Å². The number of H-pyrrole nitrogens is 1. The predicted octanol–water partition coefficient (Wildman–Crippen LogP) is 4.36. The Balaban J connectivity index is 2.60. The molecule has 2 nitrogen and oxygen atoms in total. The molecule has 0 unspecified atom stereocenters. The number of hydrogen-bond donors (Lipinski definition) is 1. The lowest BCUT2D eigenvalue weighted by molar-refractivity contribution is 0.0854. The van der Waals surface area contributed by atoms with E-state index in [1.165, 1.54) is 0 Å². The summed E-state index contributed by atoms with van der Waals surface area (Å²) < 4.78 is 0. The van der Waals surface area contributed by atoms with Crippen molar-refractivity contribution in [2.45, 2.75) is 27.7 Å². The molecule has 3 heteroatoms. The van der Waals surface area contributed by atoms with Gasteiger partial charge in [-0.3, -0.25) is 4.79 Å². The number of benzene rings is 1. The van der Waals surface area contributed by atoms with E-state index in [4.69, 9.17) is 11.6 Å². The van der Waals surface area contributed by atoms with Crippen LogP contribution in [0.4, 0.5) is 0 Å². The molecular formula is C14H16ClNO. The molecule has 1 aromatic carbocycles. The molecule has 0 amide bonds. The molecule has 0 spiro atoms. The van der Waals surface area contributed by atoms with Gasteiger partial charge in [0.15, 0.2) is 5.78 Å². The van der Waals surface area contributed by atoms with Crippen LogP contribution < -0.4 is 0 Å². The van der Waals surface area contributed by atoms with E-state index < -0.39 is 0 Å². The highest BCUT2D eigenvalue weighted by atomic mass is 35.5. The fraction of sp³-hybridized carbons (Fsp3) is 0.357. The third-order valence-corrected chi connectivity index (χ3v) is 3.05. The van der Waals surface area contributed by atoms with E-state index in [9.17, 15) is 4.79 Å². The fourth-order valence-corrected chi connectivity index (χ4v) is 2.17. The maximum atomic E-state index is 12.2. The van der Waals surface area contributed by atoms with E-state index in [0.29, 0.717) is 10.7 Å². The minimum atomic E-state index is -0.376. The lowest BCUT2D eigenvalue weighted by Gasteiger charge is -2.14. The van der Waals surface area contributed by atoms with Crippen LogP contribution in [0, 0.1) is 12.3 Å². The Morgan fingerprint density at radius 1 is 1.24 bits per heavy atom. The summed E-state index contributed by atoms with van der Waals surface area (Å²) in [5.74, 6) is 0.115. The predicted molar refractivity (Wildman–Crippen MR) is 71.8 cm³/mol. The number of hydrogen-bond acceptors (Lipinski definition) is 1. The highest BCUT2D eigenvalue weighted by Crippen LogP contribution is 2.27. The first-order valence-corrected chi connectivity index (χ1v) is 6.00. The maximum absolute atomic E-state index is 12.2. The van der Waals surface area contributed by atoms with Crippen LogP contribution in [0.5, 0.6) is 0 Å². The van der Waals surface area contributed by atoms with E-state index in [1.807, 2.05) is 45.9 Å². The standard InChI is InChI=1S/C14H16ClNO/c1-8-5-9(15)6-11-10(8)7-12(16-11)13(17)14(2,3)4/h5-7,16H,1-4H3. The molecule has 0 aliphatic carbocycles. The topological polar surface area (TPSA) is 32.9 Å². The van der Waals surface area contributed by atoms with Gasteiger partial charge in [-0.15, -0.1) is 0 Å². The van der Waals surface area contributed by atoms with Crippen molar-refractivity contribution in [2.75, 3.05) is 0 Å². The number of fused-ring (bicyclic) bond motifs is 1. The number of aromatic amines is 1. The SMILES string of the molecule is Cc1cc(Cl)cc2[nH]c(C(=O)C(C)(C)C)cc12. The summed E-state index contributed by atoms with van der Waals surface area (Å²) in [5, 5.41) is 1.74. The number of halogens is 1. The van der Waals surface area contributed by atoms with Crippen LogP contribution >= 0.6 is 11.6 Å². The van der Waals surface area contributed by atoms with Gasteiger partial charge < -0.3 is 4.98 Å². The van der Waals surface area contributed by atoms with Gasteiger partial charge in [0.25, 0.3) is 0 Å². The van der Waals surface area contributed by atoms with Crippen LogP contribution in [0.1, 0.15) is 36.8 Å². The van der Waals surface area contributed by atoms with Gasteiger partial charge >= 0.3 is 0 Å². The number of Topliss-reactive ketones (excluding diaryl/α,β-unsaturated/α-hetero) is 1. The summed E-state index contributed by atoms with van der Waals surface area (Å²) in [6, 6.07) is 5.67. The number of nitrogens with one attached hydrogen (secondary N) is 1. The second-order valence-corrected chi connectivity index (χ2v) is 5.88. The molecular weight excluding hydrogens is 234 g/mol. The molecule has 0 bridgehead atoms. The zero-order chi connectivity index (χ0) is 12.8. The minimum Gasteiger partial charge on any atom is -0.352 e. The Bertz CT molecular complexity index is 590. The zero-order valence-electron chi connectivity index (χ0n) is 10.5. The fourth-order valence-electron chi connectivity index (χ4n) is 1.90. The van der Waals surface area contributed by atoms with Gasteiger partial charge in [0.1, 0.15) is 0 Å².